The van der Waals surface area contributed by atoms with Crippen LogP contribution < -0.4 is 16.0 Å². The third-order valence-electron chi connectivity index (χ3n) is 3.37. The fourth-order valence-electron chi connectivity index (χ4n) is 2.11. The first kappa shape index (κ1) is 14.9. The number of para-hydroxylation sites is 2. The van der Waals surface area contributed by atoms with Crippen LogP contribution in [0.4, 0.5) is 11.4 Å². The minimum atomic E-state index is -0.00522. The zero-order valence-electron chi connectivity index (χ0n) is 12.3. The maximum absolute atomic E-state index is 11.9. The molecule has 2 aromatic rings. The van der Waals surface area contributed by atoms with Crippen molar-refractivity contribution in [2.75, 3.05) is 30.8 Å². The Labute approximate surface area is 125 Å². The van der Waals surface area contributed by atoms with Crippen molar-refractivity contribution in [3.63, 3.8) is 0 Å². The zero-order valence-corrected chi connectivity index (χ0v) is 12.3. The summed E-state index contributed by atoms with van der Waals surface area (Å²) in [6.45, 7) is 1.37. The van der Waals surface area contributed by atoms with E-state index in [9.17, 15) is 4.79 Å². The summed E-state index contributed by atoms with van der Waals surface area (Å²) in [6, 6.07) is 17.5. The highest BCUT2D eigenvalue weighted by atomic mass is 16.1. The molecule has 0 aromatic heterocycles. The van der Waals surface area contributed by atoms with Crippen molar-refractivity contribution in [1.29, 1.82) is 0 Å². The van der Waals surface area contributed by atoms with Crippen LogP contribution in [-0.2, 0) is 11.2 Å². The largest absolute Gasteiger partial charge is 0.398 e. The summed E-state index contributed by atoms with van der Waals surface area (Å²) < 4.78 is 0. The molecule has 0 fully saturated rings. The number of carbonyl (C=O) groups is 1. The van der Waals surface area contributed by atoms with Gasteiger partial charge in [-0.2, -0.15) is 0 Å². The van der Waals surface area contributed by atoms with Gasteiger partial charge in [-0.25, -0.2) is 0 Å². The van der Waals surface area contributed by atoms with Crippen molar-refractivity contribution in [1.82, 2.24) is 5.32 Å². The number of nitrogen functional groups attached to an aromatic ring is 1. The molecule has 1 amide bonds. The van der Waals surface area contributed by atoms with E-state index in [4.69, 9.17) is 5.73 Å². The molecule has 110 valence electrons. The lowest BCUT2D eigenvalue weighted by Gasteiger charge is -2.19. The minimum absolute atomic E-state index is 0.00522. The van der Waals surface area contributed by atoms with Crippen molar-refractivity contribution in [3.8, 4) is 0 Å². The summed E-state index contributed by atoms with van der Waals surface area (Å²) in [7, 11) is 2.01. The normalized spacial score (nSPS) is 10.1. The van der Waals surface area contributed by atoms with Gasteiger partial charge in [-0.05, 0) is 23.8 Å². The van der Waals surface area contributed by atoms with Gasteiger partial charge < -0.3 is 16.0 Å². The Bertz CT molecular complexity index is 584. The fraction of sp³-hybridized carbons (Fsp3) is 0.235. The van der Waals surface area contributed by atoms with Gasteiger partial charge >= 0.3 is 0 Å². The van der Waals surface area contributed by atoms with Gasteiger partial charge in [-0.1, -0.05) is 36.4 Å². The Morgan fingerprint density at radius 2 is 1.76 bits per heavy atom. The molecule has 0 aliphatic rings. The SMILES string of the molecule is CN(CCNC(=O)Cc1ccccc1N)c1ccccc1. The van der Waals surface area contributed by atoms with Gasteiger partial charge in [-0.3, -0.25) is 4.79 Å². The van der Waals surface area contributed by atoms with E-state index < -0.39 is 0 Å². The lowest BCUT2D eigenvalue weighted by Crippen LogP contribution is -2.33. The Morgan fingerprint density at radius 3 is 2.48 bits per heavy atom. The van der Waals surface area contributed by atoms with Gasteiger partial charge in [0.2, 0.25) is 5.91 Å². The van der Waals surface area contributed by atoms with E-state index in [0.717, 1.165) is 17.8 Å². The highest BCUT2D eigenvalue weighted by Crippen LogP contribution is 2.11. The van der Waals surface area contributed by atoms with Gasteiger partial charge in [0.25, 0.3) is 0 Å². The minimum Gasteiger partial charge on any atom is -0.398 e. The first-order chi connectivity index (χ1) is 10.2. The molecule has 0 unspecified atom stereocenters. The number of anilines is 2. The molecule has 3 N–H and O–H groups in total. The molecular weight excluding hydrogens is 262 g/mol. The number of hydrogen-bond donors (Lipinski definition) is 2. The predicted molar refractivity (Wildman–Crippen MR) is 87.3 cm³/mol. The van der Waals surface area contributed by atoms with Crippen LogP contribution in [0.15, 0.2) is 54.6 Å². The third-order valence-corrected chi connectivity index (χ3v) is 3.37. The average Bonchev–Trinajstić information content (AvgIpc) is 2.50. The van der Waals surface area contributed by atoms with Crippen molar-refractivity contribution in [2.45, 2.75) is 6.42 Å². The van der Waals surface area contributed by atoms with Crippen molar-refractivity contribution in [3.05, 3.63) is 60.2 Å². The van der Waals surface area contributed by atoms with E-state index in [0.29, 0.717) is 18.7 Å². The van der Waals surface area contributed by atoms with E-state index in [-0.39, 0.29) is 5.91 Å². The van der Waals surface area contributed by atoms with Crippen LogP contribution in [0.5, 0.6) is 0 Å². The molecule has 0 heterocycles. The first-order valence-electron chi connectivity index (χ1n) is 7.03. The number of benzene rings is 2. The van der Waals surface area contributed by atoms with E-state index >= 15 is 0 Å². The van der Waals surface area contributed by atoms with Crippen LogP contribution in [0.2, 0.25) is 0 Å². The molecule has 0 aliphatic heterocycles. The molecule has 21 heavy (non-hydrogen) atoms. The molecule has 2 rings (SSSR count). The molecule has 0 spiro atoms. The predicted octanol–water partition coefficient (Wildman–Crippen LogP) is 2.06. The number of nitrogens with two attached hydrogens (primary N) is 1. The van der Waals surface area contributed by atoms with Crippen LogP contribution in [0.3, 0.4) is 0 Å². The molecule has 4 heteroatoms. The molecule has 0 saturated carbocycles. The molecular formula is C17H21N3O. The maximum Gasteiger partial charge on any atom is 0.224 e. The number of rotatable bonds is 6. The summed E-state index contributed by atoms with van der Waals surface area (Å²) >= 11 is 0. The van der Waals surface area contributed by atoms with Crippen molar-refractivity contribution < 1.29 is 4.79 Å². The summed E-state index contributed by atoms with van der Waals surface area (Å²) in [5, 5.41) is 2.92. The van der Waals surface area contributed by atoms with Crippen LogP contribution in [-0.4, -0.2) is 26.0 Å². The van der Waals surface area contributed by atoms with Gasteiger partial charge in [0, 0.05) is 31.5 Å². The fourth-order valence-corrected chi connectivity index (χ4v) is 2.11. The average molecular weight is 283 g/mol. The van der Waals surface area contributed by atoms with Crippen LogP contribution in [0, 0.1) is 0 Å². The molecule has 0 atom stereocenters. The van der Waals surface area contributed by atoms with Crippen LogP contribution >= 0.6 is 0 Å². The zero-order chi connectivity index (χ0) is 15.1. The summed E-state index contributed by atoms with van der Waals surface area (Å²) in [4.78, 5) is 14.0. The van der Waals surface area contributed by atoms with Gasteiger partial charge in [0.05, 0.1) is 6.42 Å². The summed E-state index contributed by atoms with van der Waals surface area (Å²) in [5.41, 5.74) is 8.50. The first-order valence-corrected chi connectivity index (χ1v) is 7.03. The number of nitrogens with one attached hydrogen (secondary N) is 1. The third kappa shape index (κ3) is 4.53. The second kappa shape index (κ2) is 7.33. The summed E-state index contributed by atoms with van der Waals surface area (Å²) in [5.74, 6) is -0.00522. The Morgan fingerprint density at radius 1 is 1.10 bits per heavy atom. The standard InChI is InChI=1S/C17H21N3O/c1-20(15-8-3-2-4-9-15)12-11-19-17(21)13-14-7-5-6-10-16(14)18/h2-10H,11-13,18H2,1H3,(H,19,21). The maximum atomic E-state index is 11.9. The molecule has 0 saturated heterocycles. The van der Waals surface area contributed by atoms with Crippen LogP contribution in [0.1, 0.15) is 5.56 Å². The lowest BCUT2D eigenvalue weighted by atomic mass is 10.1. The molecule has 0 bridgehead atoms. The lowest BCUT2D eigenvalue weighted by molar-refractivity contribution is -0.120. The number of amides is 1. The highest BCUT2D eigenvalue weighted by Gasteiger charge is 2.06. The monoisotopic (exact) mass is 283 g/mol. The molecule has 0 radical (unpaired) electrons. The number of nitrogens with zero attached hydrogens (tertiary/aromatic N) is 1. The van der Waals surface area contributed by atoms with E-state index in [1.165, 1.54) is 0 Å². The van der Waals surface area contributed by atoms with Gasteiger partial charge in [-0.15, -0.1) is 0 Å². The number of hydrogen-bond acceptors (Lipinski definition) is 3. The van der Waals surface area contributed by atoms with E-state index in [2.05, 4.69) is 10.2 Å². The van der Waals surface area contributed by atoms with Crippen molar-refractivity contribution >= 4 is 17.3 Å². The topological polar surface area (TPSA) is 58.4 Å². The molecule has 4 nitrogen and oxygen atoms in total. The Balaban J connectivity index is 1.76. The Hall–Kier alpha value is -2.49. The van der Waals surface area contributed by atoms with Crippen molar-refractivity contribution in [2.24, 2.45) is 0 Å². The number of likely N-dealkylation sites (N-methyl/N-ethyl adjacent to an activating group) is 1. The quantitative estimate of drug-likeness (QED) is 0.798. The highest BCUT2D eigenvalue weighted by molar-refractivity contribution is 5.80. The molecule has 0 aliphatic carbocycles. The van der Waals surface area contributed by atoms with Gasteiger partial charge in [0.15, 0.2) is 0 Å². The summed E-state index contributed by atoms with van der Waals surface area (Å²) in [6.07, 6.45) is 0.321. The van der Waals surface area contributed by atoms with E-state index in [1.54, 1.807) is 0 Å². The second-order valence-corrected chi connectivity index (χ2v) is 4.98. The number of carbonyl (C=O) groups excluding carboxylic acids is 1. The van der Waals surface area contributed by atoms with Gasteiger partial charge in [0.1, 0.15) is 0 Å². The smallest absolute Gasteiger partial charge is 0.224 e. The second-order valence-electron chi connectivity index (χ2n) is 4.98. The Kier molecular flexibility index (Phi) is 5.21. The van der Waals surface area contributed by atoms with E-state index in [1.807, 2.05) is 61.6 Å². The van der Waals surface area contributed by atoms with Crippen LogP contribution in [0.25, 0.3) is 0 Å². The molecule has 2 aromatic carbocycles.